The third kappa shape index (κ3) is 5.30. The minimum Gasteiger partial charge on any atom is -0.317 e. The Bertz CT molecular complexity index is 404. The first kappa shape index (κ1) is 14.2. The van der Waals surface area contributed by atoms with Crippen LogP contribution in [0.25, 0.3) is 0 Å². The van der Waals surface area contributed by atoms with E-state index in [9.17, 15) is 8.42 Å². The van der Waals surface area contributed by atoms with Crippen LogP contribution >= 0.6 is 0 Å². The Morgan fingerprint density at radius 3 is 2.41 bits per heavy atom. The van der Waals surface area contributed by atoms with Crippen LogP contribution in [-0.2, 0) is 10.0 Å². The van der Waals surface area contributed by atoms with E-state index in [0.717, 1.165) is 25.9 Å². The first-order valence-electron chi connectivity index (χ1n) is 5.92. The molecule has 0 aliphatic carbocycles. The summed E-state index contributed by atoms with van der Waals surface area (Å²) in [5.74, 6) is 0. The van der Waals surface area contributed by atoms with Gasteiger partial charge in [0.05, 0.1) is 4.90 Å². The van der Waals surface area contributed by atoms with Gasteiger partial charge in [-0.2, -0.15) is 0 Å². The molecule has 0 atom stereocenters. The van der Waals surface area contributed by atoms with Gasteiger partial charge in [0, 0.05) is 6.54 Å². The molecule has 0 saturated carbocycles. The van der Waals surface area contributed by atoms with E-state index in [0.29, 0.717) is 11.4 Å². The molecular formula is C12H20N2O2S. The second-order valence-corrected chi connectivity index (χ2v) is 5.58. The summed E-state index contributed by atoms with van der Waals surface area (Å²) in [5, 5.41) is 3.23. The van der Waals surface area contributed by atoms with Gasteiger partial charge in [0.25, 0.3) is 0 Å². The molecule has 0 aliphatic rings. The van der Waals surface area contributed by atoms with Gasteiger partial charge in [-0.25, -0.2) is 13.1 Å². The monoisotopic (exact) mass is 256 g/mol. The molecule has 0 bridgehead atoms. The van der Waals surface area contributed by atoms with E-state index < -0.39 is 10.0 Å². The highest BCUT2D eigenvalue weighted by Gasteiger charge is 2.11. The van der Waals surface area contributed by atoms with Crippen molar-refractivity contribution in [3.63, 3.8) is 0 Å². The topological polar surface area (TPSA) is 58.2 Å². The average Bonchev–Trinajstić information content (AvgIpc) is 2.35. The molecule has 0 unspecified atom stereocenters. The van der Waals surface area contributed by atoms with Crippen LogP contribution in [0.1, 0.15) is 19.8 Å². The molecule has 0 aromatic heterocycles. The minimum atomic E-state index is -3.33. The largest absolute Gasteiger partial charge is 0.317 e. The Morgan fingerprint density at radius 2 is 1.76 bits per heavy atom. The molecule has 1 rings (SSSR count). The van der Waals surface area contributed by atoms with E-state index in [2.05, 4.69) is 17.0 Å². The smallest absolute Gasteiger partial charge is 0.240 e. The number of rotatable bonds is 8. The fraction of sp³-hybridized carbons (Fsp3) is 0.500. The van der Waals surface area contributed by atoms with Crippen molar-refractivity contribution in [2.24, 2.45) is 0 Å². The first-order chi connectivity index (χ1) is 8.17. The van der Waals surface area contributed by atoms with Crippen molar-refractivity contribution in [3.8, 4) is 0 Å². The van der Waals surface area contributed by atoms with E-state index in [1.807, 2.05) is 0 Å². The van der Waals surface area contributed by atoms with E-state index in [4.69, 9.17) is 0 Å². The molecule has 0 spiro atoms. The SMILES string of the molecule is CCCNCCCNS(=O)(=O)c1ccccc1. The predicted octanol–water partition coefficient (Wildman–Crippen LogP) is 1.35. The molecule has 0 fully saturated rings. The van der Waals surface area contributed by atoms with Gasteiger partial charge < -0.3 is 5.32 Å². The fourth-order valence-electron chi connectivity index (χ4n) is 1.40. The molecule has 0 heterocycles. The van der Waals surface area contributed by atoms with Crippen molar-refractivity contribution in [2.75, 3.05) is 19.6 Å². The summed E-state index contributed by atoms with van der Waals surface area (Å²) >= 11 is 0. The van der Waals surface area contributed by atoms with Crippen molar-refractivity contribution in [3.05, 3.63) is 30.3 Å². The van der Waals surface area contributed by atoms with Crippen LogP contribution < -0.4 is 10.0 Å². The van der Waals surface area contributed by atoms with Crippen molar-refractivity contribution >= 4 is 10.0 Å². The summed E-state index contributed by atoms with van der Waals surface area (Å²) in [6.07, 6.45) is 1.89. The van der Waals surface area contributed by atoms with E-state index in [1.165, 1.54) is 0 Å². The lowest BCUT2D eigenvalue weighted by atomic mass is 10.4. The second-order valence-electron chi connectivity index (χ2n) is 3.81. The van der Waals surface area contributed by atoms with Crippen LogP contribution in [0.2, 0.25) is 0 Å². The molecule has 0 aliphatic heterocycles. The van der Waals surface area contributed by atoms with Crippen LogP contribution in [0.4, 0.5) is 0 Å². The fourth-order valence-corrected chi connectivity index (χ4v) is 2.50. The van der Waals surface area contributed by atoms with Gasteiger partial charge in [-0.3, -0.25) is 0 Å². The number of hydrogen-bond acceptors (Lipinski definition) is 3. The third-order valence-electron chi connectivity index (χ3n) is 2.30. The summed E-state index contributed by atoms with van der Waals surface area (Å²) in [5.41, 5.74) is 0. The van der Waals surface area contributed by atoms with Crippen LogP contribution in [0.15, 0.2) is 35.2 Å². The maximum Gasteiger partial charge on any atom is 0.240 e. The quantitative estimate of drug-likeness (QED) is 0.690. The Balaban J connectivity index is 2.31. The molecule has 1 aromatic rings. The number of sulfonamides is 1. The molecular weight excluding hydrogens is 236 g/mol. The summed E-state index contributed by atoms with van der Waals surface area (Å²) in [7, 11) is -3.33. The zero-order valence-electron chi connectivity index (χ0n) is 10.1. The van der Waals surface area contributed by atoms with Gasteiger partial charge in [0.15, 0.2) is 0 Å². The summed E-state index contributed by atoms with van der Waals surface area (Å²) in [6.45, 7) is 4.38. The summed E-state index contributed by atoms with van der Waals surface area (Å²) in [6, 6.07) is 8.43. The van der Waals surface area contributed by atoms with Crippen molar-refractivity contribution in [1.82, 2.24) is 10.0 Å². The molecule has 0 saturated heterocycles. The molecule has 17 heavy (non-hydrogen) atoms. The molecule has 1 aromatic carbocycles. The normalized spacial score (nSPS) is 11.6. The Kier molecular flexibility index (Phi) is 6.18. The molecule has 5 heteroatoms. The molecule has 0 amide bonds. The highest BCUT2D eigenvalue weighted by Crippen LogP contribution is 2.06. The number of nitrogens with one attached hydrogen (secondary N) is 2. The first-order valence-corrected chi connectivity index (χ1v) is 7.40. The third-order valence-corrected chi connectivity index (χ3v) is 3.78. The molecule has 0 radical (unpaired) electrons. The van der Waals surface area contributed by atoms with Gasteiger partial charge in [-0.05, 0) is 38.1 Å². The van der Waals surface area contributed by atoms with Gasteiger partial charge in [-0.1, -0.05) is 25.1 Å². The van der Waals surface area contributed by atoms with Gasteiger partial charge in [0.1, 0.15) is 0 Å². The highest BCUT2D eigenvalue weighted by molar-refractivity contribution is 7.89. The maximum atomic E-state index is 11.8. The van der Waals surface area contributed by atoms with Crippen molar-refractivity contribution in [1.29, 1.82) is 0 Å². The van der Waals surface area contributed by atoms with Crippen LogP contribution in [0.5, 0.6) is 0 Å². The van der Waals surface area contributed by atoms with Gasteiger partial charge >= 0.3 is 0 Å². The predicted molar refractivity (Wildman–Crippen MR) is 69.4 cm³/mol. The second kappa shape index (κ2) is 7.42. The lowest BCUT2D eigenvalue weighted by Crippen LogP contribution is -2.27. The lowest BCUT2D eigenvalue weighted by molar-refractivity contribution is 0.573. The maximum absolute atomic E-state index is 11.8. The summed E-state index contributed by atoms with van der Waals surface area (Å²) < 4.78 is 26.2. The summed E-state index contributed by atoms with van der Waals surface area (Å²) in [4.78, 5) is 0.321. The Labute approximate surface area is 103 Å². The minimum absolute atomic E-state index is 0.321. The Hall–Kier alpha value is -0.910. The molecule has 96 valence electrons. The lowest BCUT2D eigenvalue weighted by Gasteiger charge is -2.06. The zero-order chi connectivity index (χ0) is 12.6. The van der Waals surface area contributed by atoms with E-state index in [1.54, 1.807) is 30.3 Å². The van der Waals surface area contributed by atoms with Crippen molar-refractivity contribution < 1.29 is 8.42 Å². The Morgan fingerprint density at radius 1 is 1.06 bits per heavy atom. The molecule has 2 N–H and O–H groups in total. The standard InChI is InChI=1S/C12H20N2O2S/c1-2-9-13-10-6-11-14-17(15,16)12-7-4-3-5-8-12/h3-5,7-8,13-14H,2,6,9-11H2,1H3. The average molecular weight is 256 g/mol. The van der Waals surface area contributed by atoms with Gasteiger partial charge in [-0.15, -0.1) is 0 Å². The van der Waals surface area contributed by atoms with Crippen LogP contribution in [0, 0.1) is 0 Å². The van der Waals surface area contributed by atoms with E-state index in [-0.39, 0.29) is 0 Å². The van der Waals surface area contributed by atoms with E-state index >= 15 is 0 Å². The highest BCUT2D eigenvalue weighted by atomic mass is 32.2. The van der Waals surface area contributed by atoms with Crippen LogP contribution in [-0.4, -0.2) is 28.1 Å². The number of hydrogen-bond donors (Lipinski definition) is 2. The van der Waals surface area contributed by atoms with Gasteiger partial charge in [0.2, 0.25) is 10.0 Å². The molecule has 4 nitrogen and oxygen atoms in total. The number of benzene rings is 1. The van der Waals surface area contributed by atoms with Crippen molar-refractivity contribution in [2.45, 2.75) is 24.7 Å². The zero-order valence-corrected chi connectivity index (χ0v) is 11.0. The van der Waals surface area contributed by atoms with Crippen LogP contribution in [0.3, 0.4) is 0 Å².